The lowest BCUT2D eigenvalue weighted by molar-refractivity contribution is 0.0593. The van der Waals surface area contributed by atoms with E-state index in [1.165, 1.54) is 6.26 Å². The Balaban J connectivity index is 1.11. The molecule has 0 aromatic heterocycles. The van der Waals surface area contributed by atoms with Gasteiger partial charge in [-0.1, -0.05) is 72.8 Å². The van der Waals surface area contributed by atoms with E-state index in [0.29, 0.717) is 25.2 Å². The summed E-state index contributed by atoms with van der Waals surface area (Å²) in [5.41, 5.74) is 4.38. The Labute approximate surface area is 255 Å². The molecule has 0 aliphatic carbocycles. The number of hydrogen-bond donors (Lipinski definition) is 2. The minimum atomic E-state index is -2.99. The zero-order chi connectivity index (χ0) is 30.7. The van der Waals surface area contributed by atoms with E-state index in [0.717, 1.165) is 54.9 Å². The van der Waals surface area contributed by atoms with Gasteiger partial charge in [0.25, 0.3) is 0 Å². The predicted molar refractivity (Wildman–Crippen MR) is 171 cm³/mol. The fourth-order valence-corrected chi connectivity index (χ4v) is 5.70. The van der Waals surface area contributed by atoms with Crippen LogP contribution in [-0.2, 0) is 21.1 Å². The molecule has 2 N–H and O–H groups in total. The number of ether oxygens (including phenoxy) is 1. The van der Waals surface area contributed by atoms with Crippen molar-refractivity contribution in [3.05, 3.63) is 90.0 Å². The summed E-state index contributed by atoms with van der Waals surface area (Å²) in [5.74, 6) is 0.156. The summed E-state index contributed by atoms with van der Waals surface area (Å²) < 4.78 is 28.4. The SMILES string of the molecule is CN(CCS(C)(=O)=O)Cc1ccc(C(=O)CNCCN2CCC(OC(=O)Nc3ccccc3-c3ccccc3)CC2)cc1. The van der Waals surface area contributed by atoms with Crippen LogP contribution in [0.5, 0.6) is 0 Å². The van der Waals surface area contributed by atoms with Gasteiger partial charge >= 0.3 is 6.09 Å². The van der Waals surface area contributed by atoms with E-state index in [9.17, 15) is 18.0 Å². The number of anilines is 1. The topological polar surface area (TPSA) is 108 Å². The quantitative estimate of drug-likeness (QED) is 0.207. The fourth-order valence-electron chi connectivity index (χ4n) is 5.05. The van der Waals surface area contributed by atoms with Gasteiger partial charge in [-0.3, -0.25) is 10.1 Å². The molecule has 0 bridgehead atoms. The summed E-state index contributed by atoms with van der Waals surface area (Å²) >= 11 is 0. The van der Waals surface area contributed by atoms with Gasteiger partial charge in [0.05, 0.1) is 18.0 Å². The average molecular weight is 607 g/mol. The number of Topliss-reactive ketones (excluding diaryl/α,β-unsaturated/α-hetero) is 1. The first-order valence-electron chi connectivity index (χ1n) is 14.7. The highest BCUT2D eigenvalue weighted by Gasteiger charge is 2.22. The number of nitrogens with one attached hydrogen (secondary N) is 2. The number of ketones is 1. The molecule has 3 aromatic rings. The van der Waals surface area contributed by atoms with Gasteiger partial charge in [-0.15, -0.1) is 0 Å². The lowest BCUT2D eigenvalue weighted by Crippen LogP contribution is -2.42. The van der Waals surface area contributed by atoms with Crippen molar-refractivity contribution in [1.82, 2.24) is 15.1 Å². The molecule has 43 heavy (non-hydrogen) atoms. The number of likely N-dealkylation sites (tertiary alicyclic amines) is 1. The van der Waals surface area contributed by atoms with Crippen molar-refractivity contribution in [3.8, 4) is 11.1 Å². The Morgan fingerprint density at radius 3 is 2.33 bits per heavy atom. The molecule has 0 atom stereocenters. The minimum absolute atomic E-state index is 0.0314. The Morgan fingerprint density at radius 1 is 0.953 bits per heavy atom. The van der Waals surface area contributed by atoms with Crippen LogP contribution in [0.1, 0.15) is 28.8 Å². The van der Waals surface area contributed by atoms with E-state index in [2.05, 4.69) is 15.5 Å². The molecule has 9 nitrogen and oxygen atoms in total. The molecule has 1 saturated heterocycles. The van der Waals surface area contributed by atoms with Crippen molar-refractivity contribution < 1.29 is 22.7 Å². The number of carbonyl (C=O) groups excluding carboxylic acids is 2. The largest absolute Gasteiger partial charge is 0.446 e. The van der Waals surface area contributed by atoms with Crippen LogP contribution < -0.4 is 10.6 Å². The Bertz CT molecular complexity index is 1440. The van der Waals surface area contributed by atoms with Gasteiger partial charge in [-0.05, 0) is 37.1 Å². The van der Waals surface area contributed by atoms with Crippen molar-refractivity contribution in [2.24, 2.45) is 0 Å². The van der Waals surface area contributed by atoms with E-state index in [4.69, 9.17) is 4.74 Å². The van der Waals surface area contributed by atoms with Crippen molar-refractivity contribution in [3.63, 3.8) is 0 Å². The molecule has 0 spiro atoms. The van der Waals surface area contributed by atoms with Gasteiger partial charge in [0.1, 0.15) is 15.9 Å². The summed E-state index contributed by atoms with van der Waals surface area (Å²) in [5, 5.41) is 6.16. The van der Waals surface area contributed by atoms with Crippen molar-refractivity contribution in [1.29, 1.82) is 0 Å². The number of benzene rings is 3. The molecule has 230 valence electrons. The normalized spacial score (nSPS) is 14.5. The van der Waals surface area contributed by atoms with Gasteiger partial charge in [-0.2, -0.15) is 0 Å². The molecule has 3 aromatic carbocycles. The van der Waals surface area contributed by atoms with Crippen LogP contribution in [0.3, 0.4) is 0 Å². The maximum Gasteiger partial charge on any atom is 0.411 e. The first kappa shape index (κ1) is 32.3. The number of para-hydroxylation sites is 1. The third-order valence-electron chi connectivity index (χ3n) is 7.52. The average Bonchev–Trinajstić information content (AvgIpc) is 3.00. The maximum absolute atomic E-state index is 12.7. The zero-order valence-electron chi connectivity index (χ0n) is 25.0. The number of sulfone groups is 1. The molecular weight excluding hydrogens is 564 g/mol. The van der Waals surface area contributed by atoms with Crippen LogP contribution >= 0.6 is 0 Å². The van der Waals surface area contributed by atoms with Gasteiger partial charge in [0.2, 0.25) is 0 Å². The summed E-state index contributed by atoms with van der Waals surface area (Å²) in [7, 11) is -1.11. The van der Waals surface area contributed by atoms with Crippen molar-refractivity contribution >= 4 is 27.4 Å². The van der Waals surface area contributed by atoms with Gasteiger partial charge in [-0.25, -0.2) is 13.2 Å². The van der Waals surface area contributed by atoms with Crippen LogP contribution in [0.4, 0.5) is 10.5 Å². The highest BCUT2D eigenvalue weighted by molar-refractivity contribution is 7.90. The smallest absolute Gasteiger partial charge is 0.411 e. The number of rotatable bonds is 14. The van der Waals surface area contributed by atoms with E-state index >= 15 is 0 Å². The first-order valence-corrected chi connectivity index (χ1v) is 16.8. The molecule has 10 heteroatoms. The lowest BCUT2D eigenvalue weighted by Gasteiger charge is -2.31. The summed E-state index contributed by atoms with van der Waals surface area (Å²) in [4.78, 5) is 29.5. The molecule has 0 radical (unpaired) electrons. The molecule has 0 unspecified atom stereocenters. The van der Waals surface area contributed by atoms with Crippen LogP contribution in [0.15, 0.2) is 78.9 Å². The van der Waals surface area contributed by atoms with E-state index in [1.807, 2.05) is 90.8 Å². The molecule has 1 aliphatic rings. The van der Waals surface area contributed by atoms with Crippen LogP contribution in [0.2, 0.25) is 0 Å². The highest BCUT2D eigenvalue weighted by atomic mass is 32.2. The second kappa shape index (κ2) is 15.8. The summed E-state index contributed by atoms with van der Waals surface area (Å²) in [6, 6.07) is 25.1. The third-order valence-corrected chi connectivity index (χ3v) is 8.44. The maximum atomic E-state index is 12.7. The molecule has 1 amide bonds. The van der Waals surface area contributed by atoms with Crippen LogP contribution in [0, 0.1) is 0 Å². The number of amides is 1. The molecule has 1 heterocycles. The minimum Gasteiger partial charge on any atom is -0.446 e. The number of carbonyl (C=O) groups is 2. The Hall–Kier alpha value is -3.57. The van der Waals surface area contributed by atoms with Crippen molar-refractivity contribution in [2.75, 3.05) is 63.6 Å². The second-order valence-corrected chi connectivity index (χ2v) is 13.4. The molecule has 4 rings (SSSR count). The molecule has 1 aliphatic heterocycles. The molecular formula is C33H42N4O5S. The van der Waals surface area contributed by atoms with Gasteiger partial charge in [0.15, 0.2) is 5.78 Å². The fraction of sp³-hybridized carbons (Fsp3) is 0.394. The predicted octanol–water partition coefficient (Wildman–Crippen LogP) is 4.32. The summed E-state index contributed by atoms with van der Waals surface area (Å²) in [6.07, 6.45) is 2.21. The number of hydrogen-bond acceptors (Lipinski definition) is 8. The number of nitrogens with zero attached hydrogens (tertiary/aromatic N) is 2. The van der Waals surface area contributed by atoms with Gasteiger partial charge in [0, 0.05) is 56.7 Å². The zero-order valence-corrected chi connectivity index (χ0v) is 25.8. The second-order valence-electron chi connectivity index (χ2n) is 11.1. The number of piperidine rings is 1. The highest BCUT2D eigenvalue weighted by Crippen LogP contribution is 2.28. The van der Waals surface area contributed by atoms with Crippen LogP contribution in [-0.4, -0.2) is 94.5 Å². The molecule has 1 fully saturated rings. The van der Waals surface area contributed by atoms with Gasteiger partial charge < -0.3 is 19.9 Å². The third kappa shape index (κ3) is 10.9. The van der Waals surface area contributed by atoms with E-state index in [-0.39, 0.29) is 24.2 Å². The summed E-state index contributed by atoms with van der Waals surface area (Å²) in [6.45, 7) is 4.51. The lowest BCUT2D eigenvalue weighted by atomic mass is 10.0. The molecule has 0 saturated carbocycles. The Kier molecular flexibility index (Phi) is 11.9. The standard InChI is InChI=1S/C33H42N4O5S/c1-36(22-23-43(2,40)41)25-26-12-14-28(15-13-26)32(38)24-34-18-21-37-19-16-29(17-20-37)42-33(39)35-31-11-7-6-10-30(31)27-8-4-3-5-9-27/h3-15,29,34H,16-25H2,1-2H3,(H,35,39). The van der Waals surface area contributed by atoms with E-state index < -0.39 is 15.9 Å². The Morgan fingerprint density at radius 2 is 1.63 bits per heavy atom. The monoisotopic (exact) mass is 606 g/mol. The van der Waals surface area contributed by atoms with E-state index in [1.54, 1.807) is 0 Å². The van der Waals surface area contributed by atoms with Crippen molar-refractivity contribution in [2.45, 2.75) is 25.5 Å². The first-order chi connectivity index (χ1) is 20.7. The van der Waals surface area contributed by atoms with Crippen LogP contribution in [0.25, 0.3) is 11.1 Å².